The minimum absolute atomic E-state index is 0.300. The van der Waals surface area contributed by atoms with Crippen LogP contribution in [0, 0.1) is 24.2 Å². The first-order valence-electron chi connectivity index (χ1n) is 7.44. The molecule has 1 heterocycles. The molecule has 104 valence electrons. The van der Waals surface area contributed by atoms with Gasteiger partial charge < -0.3 is 5.32 Å². The van der Waals surface area contributed by atoms with Gasteiger partial charge in [0.1, 0.15) is 0 Å². The molecule has 0 aromatic carbocycles. The third-order valence-corrected chi connectivity index (χ3v) is 3.98. The van der Waals surface area contributed by atoms with Crippen LogP contribution in [0.2, 0.25) is 0 Å². The Balaban J connectivity index is 2.73. The summed E-state index contributed by atoms with van der Waals surface area (Å²) in [6, 6.07) is 1.48. The van der Waals surface area contributed by atoms with Gasteiger partial charge in [-0.3, -0.25) is 4.90 Å². The van der Waals surface area contributed by atoms with Gasteiger partial charge in [-0.25, -0.2) is 0 Å². The quantitative estimate of drug-likeness (QED) is 0.755. The molecular weight excluding hydrogens is 220 g/mol. The molecule has 1 rings (SSSR count). The van der Waals surface area contributed by atoms with Gasteiger partial charge in [0.2, 0.25) is 0 Å². The van der Waals surface area contributed by atoms with Crippen LogP contribution >= 0.6 is 0 Å². The fraction of sp³-hybridized carbons (Fsp3) is 0.875. The van der Waals surface area contributed by atoms with Crippen LogP contribution in [-0.2, 0) is 0 Å². The summed E-state index contributed by atoms with van der Waals surface area (Å²) >= 11 is 0. The normalized spacial score (nSPS) is 27.4. The standard InChI is InChI=1S/C16H30N2/c1-7-15(8-2)18-11-14(9-12(3)4)17-10-16(18)13(5)6/h1,12-17H,8-11H2,2-6H3. The van der Waals surface area contributed by atoms with Crippen molar-refractivity contribution in [1.29, 1.82) is 0 Å². The maximum atomic E-state index is 5.71. The number of hydrogen-bond acceptors (Lipinski definition) is 2. The number of piperazine rings is 1. The Bertz CT molecular complexity index is 277. The van der Waals surface area contributed by atoms with Crippen LogP contribution < -0.4 is 5.32 Å². The van der Waals surface area contributed by atoms with E-state index in [2.05, 4.69) is 50.8 Å². The molecule has 0 bridgehead atoms. The smallest absolute Gasteiger partial charge is 0.0712 e. The highest BCUT2D eigenvalue weighted by atomic mass is 15.3. The molecule has 1 N–H and O–H groups in total. The summed E-state index contributed by atoms with van der Waals surface area (Å²) in [4.78, 5) is 2.56. The summed E-state index contributed by atoms with van der Waals surface area (Å²) in [6.07, 6.45) is 8.00. The first kappa shape index (κ1) is 15.5. The van der Waals surface area contributed by atoms with Crippen molar-refractivity contribution in [1.82, 2.24) is 10.2 Å². The number of hydrogen-bond donors (Lipinski definition) is 1. The molecule has 18 heavy (non-hydrogen) atoms. The Kier molecular flexibility index (Phi) is 6.18. The summed E-state index contributed by atoms with van der Waals surface area (Å²) in [5.74, 6) is 4.37. The molecule has 1 fully saturated rings. The topological polar surface area (TPSA) is 15.3 Å². The largest absolute Gasteiger partial charge is 0.311 e. The van der Waals surface area contributed by atoms with Crippen LogP contribution in [0.4, 0.5) is 0 Å². The zero-order valence-corrected chi connectivity index (χ0v) is 12.7. The van der Waals surface area contributed by atoms with Gasteiger partial charge in [0.15, 0.2) is 0 Å². The Hall–Kier alpha value is -0.520. The van der Waals surface area contributed by atoms with Crippen molar-refractivity contribution < 1.29 is 0 Å². The molecule has 1 aliphatic heterocycles. The van der Waals surface area contributed by atoms with E-state index in [4.69, 9.17) is 6.42 Å². The summed E-state index contributed by atoms with van der Waals surface area (Å²) < 4.78 is 0. The van der Waals surface area contributed by atoms with Crippen molar-refractivity contribution in [3.8, 4) is 12.3 Å². The highest BCUT2D eigenvalue weighted by Gasteiger charge is 2.33. The van der Waals surface area contributed by atoms with Crippen molar-refractivity contribution in [3.63, 3.8) is 0 Å². The minimum atomic E-state index is 0.300. The van der Waals surface area contributed by atoms with Gasteiger partial charge in [-0.05, 0) is 24.7 Å². The third kappa shape index (κ3) is 4.00. The van der Waals surface area contributed by atoms with E-state index in [1.807, 2.05) is 0 Å². The molecule has 1 saturated heterocycles. The lowest BCUT2D eigenvalue weighted by Crippen LogP contribution is -2.61. The first-order valence-corrected chi connectivity index (χ1v) is 7.44. The van der Waals surface area contributed by atoms with Crippen LogP contribution in [0.15, 0.2) is 0 Å². The molecule has 3 unspecified atom stereocenters. The van der Waals surface area contributed by atoms with Gasteiger partial charge in [-0.15, -0.1) is 6.42 Å². The van der Waals surface area contributed by atoms with Gasteiger partial charge in [0, 0.05) is 25.2 Å². The maximum absolute atomic E-state index is 5.71. The molecule has 0 saturated carbocycles. The van der Waals surface area contributed by atoms with E-state index in [9.17, 15) is 0 Å². The second kappa shape index (κ2) is 7.16. The van der Waals surface area contributed by atoms with Crippen molar-refractivity contribution >= 4 is 0 Å². The lowest BCUT2D eigenvalue weighted by atomic mass is 9.93. The first-order chi connectivity index (χ1) is 8.49. The zero-order chi connectivity index (χ0) is 13.7. The predicted octanol–water partition coefficient (Wildman–Crippen LogP) is 2.74. The molecule has 0 radical (unpaired) electrons. The van der Waals surface area contributed by atoms with E-state index in [1.54, 1.807) is 0 Å². The van der Waals surface area contributed by atoms with Crippen LogP contribution in [0.1, 0.15) is 47.5 Å². The number of nitrogens with one attached hydrogen (secondary N) is 1. The Morgan fingerprint density at radius 1 is 1.33 bits per heavy atom. The molecule has 3 atom stereocenters. The predicted molar refractivity (Wildman–Crippen MR) is 79.5 cm³/mol. The van der Waals surface area contributed by atoms with E-state index in [0.717, 1.165) is 25.4 Å². The molecule has 0 aromatic heterocycles. The van der Waals surface area contributed by atoms with Gasteiger partial charge in [-0.1, -0.05) is 40.5 Å². The fourth-order valence-electron chi connectivity index (χ4n) is 3.01. The third-order valence-electron chi connectivity index (χ3n) is 3.98. The highest BCUT2D eigenvalue weighted by Crippen LogP contribution is 2.21. The lowest BCUT2D eigenvalue weighted by molar-refractivity contribution is 0.0697. The van der Waals surface area contributed by atoms with Gasteiger partial charge in [-0.2, -0.15) is 0 Å². The Labute approximate surface area is 114 Å². The summed E-state index contributed by atoms with van der Waals surface area (Å²) in [6.45, 7) is 13.5. The zero-order valence-electron chi connectivity index (χ0n) is 12.7. The number of nitrogens with zero attached hydrogens (tertiary/aromatic N) is 1. The van der Waals surface area contributed by atoms with E-state index in [-0.39, 0.29) is 0 Å². The second-order valence-electron chi connectivity index (χ2n) is 6.33. The number of rotatable bonds is 5. The number of terminal acetylenes is 1. The SMILES string of the molecule is C#CC(CC)N1CC(CC(C)C)NCC1C(C)C. The second-order valence-corrected chi connectivity index (χ2v) is 6.33. The summed E-state index contributed by atoms with van der Waals surface area (Å²) in [5, 5.41) is 3.70. The van der Waals surface area contributed by atoms with Gasteiger partial charge in [0.05, 0.1) is 6.04 Å². The van der Waals surface area contributed by atoms with Gasteiger partial charge in [0.25, 0.3) is 0 Å². The average molecular weight is 250 g/mol. The van der Waals surface area contributed by atoms with Crippen molar-refractivity contribution in [2.45, 2.75) is 65.6 Å². The van der Waals surface area contributed by atoms with Crippen LogP contribution in [0.3, 0.4) is 0 Å². The minimum Gasteiger partial charge on any atom is -0.311 e. The molecule has 1 aliphatic rings. The molecule has 0 amide bonds. The van der Waals surface area contributed by atoms with Crippen molar-refractivity contribution in [2.24, 2.45) is 11.8 Å². The molecular formula is C16H30N2. The summed E-state index contributed by atoms with van der Waals surface area (Å²) in [7, 11) is 0. The van der Waals surface area contributed by atoms with Crippen molar-refractivity contribution in [3.05, 3.63) is 0 Å². The highest BCUT2D eigenvalue weighted by molar-refractivity contribution is 5.04. The molecule has 2 nitrogen and oxygen atoms in total. The monoisotopic (exact) mass is 250 g/mol. The van der Waals surface area contributed by atoms with E-state index in [1.165, 1.54) is 6.42 Å². The van der Waals surface area contributed by atoms with E-state index in [0.29, 0.717) is 24.0 Å². The fourth-order valence-corrected chi connectivity index (χ4v) is 3.01. The van der Waals surface area contributed by atoms with Crippen LogP contribution in [0.5, 0.6) is 0 Å². The molecule has 0 aromatic rings. The molecule has 0 aliphatic carbocycles. The molecule has 2 heteroatoms. The van der Waals surface area contributed by atoms with Crippen molar-refractivity contribution in [2.75, 3.05) is 13.1 Å². The summed E-state index contributed by atoms with van der Waals surface area (Å²) in [5.41, 5.74) is 0. The molecule has 0 spiro atoms. The van der Waals surface area contributed by atoms with E-state index < -0.39 is 0 Å². The Morgan fingerprint density at radius 3 is 2.44 bits per heavy atom. The van der Waals surface area contributed by atoms with Crippen LogP contribution in [0.25, 0.3) is 0 Å². The van der Waals surface area contributed by atoms with Gasteiger partial charge >= 0.3 is 0 Å². The van der Waals surface area contributed by atoms with Crippen LogP contribution in [-0.4, -0.2) is 36.1 Å². The Morgan fingerprint density at radius 2 is 2.00 bits per heavy atom. The average Bonchev–Trinajstić information content (AvgIpc) is 2.29. The van der Waals surface area contributed by atoms with E-state index >= 15 is 0 Å². The lowest BCUT2D eigenvalue weighted by Gasteiger charge is -2.45. The maximum Gasteiger partial charge on any atom is 0.0712 e.